The number of nitrogens with zero attached hydrogens (tertiary/aromatic N) is 2. The van der Waals surface area contributed by atoms with Gasteiger partial charge < -0.3 is 19.5 Å². The van der Waals surface area contributed by atoms with Crippen molar-refractivity contribution in [2.45, 2.75) is 12.6 Å². The normalized spacial score (nSPS) is 17.0. The molecule has 0 radical (unpaired) electrons. The number of likely N-dealkylation sites (tertiary alicyclic amines) is 1. The molecular formula is C27H24N2O5. The minimum atomic E-state index is -0.782. The summed E-state index contributed by atoms with van der Waals surface area (Å²) in [5, 5.41) is 11.1. The molecular weight excluding hydrogens is 432 g/mol. The van der Waals surface area contributed by atoms with E-state index < -0.39 is 17.7 Å². The van der Waals surface area contributed by atoms with Crippen molar-refractivity contribution in [3.63, 3.8) is 0 Å². The van der Waals surface area contributed by atoms with Crippen molar-refractivity contribution in [3.8, 4) is 11.5 Å². The maximum absolute atomic E-state index is 13.2. The van der Waals surface area contributed by atoms with Crippen LogP contribution in [0.4, 0.5) is 0 Å². The van der Waals surface area contributed by atoms with Gasteiger partial charge in [0.05, 0.1) is 18.7 Å². The predicted octanol–water partition coefficient (Wildman–Crippen LogP) is 4.28. The Morgan fingerprint density at radius 2 is 1.79 bits per heavy atom. The van der Waals surface area contributed by atoms with E-state index in [0.29, 0.717) is 29.2 Å². The van der Waals surface area contributed by atoms with Gasteiger partial charge in [-0.3, -0.25) is 14.6 Å². The summed E-state index contributed by atoms with van der Waals surface area (Å²) < 4.78 is 10.7. The molecule has 0 bridgehead atoms. The Morgan fingerprint density at radius 1 is 1.09 bits per heavy atom. The zero-order valence-corrected chi connectivity index (χ0v) is 18.7. The lowest BCUT2D eigenvalue weighted by molar-refractivity contribution is -0.140. The molecule has 2 aromatic carbocycles. The fourth-order valence-corrected chi connectivity index (χ4v) is 3.88. The van der Waals surface area contributed by atoms with Gasteiger partial charge in [0.25, 0.3) is 11.7 Å². The molecule has 1 fully saturated rings. The molecule has 7 nitrogen and oxygen atoms in total. The van der Waals surface area contributed by atoms with Gasteiger partial charge in [0.1, 0.15) is 23.9 Å². The number of ketones is 1. The Balaban J connectivity index is 1.80. The SMILES string of the molecule is C=CCOc1ccc(C2/C(=C(/O)c3ccc(OC)cc3)C(=O)C(=O)N2Cc2cccnc2)cc1. The largest absolute Gasteiger partial charge is 0.507 e. The van der Waals surface area contributed by atoms with E-state index in [-0.39, 0.29) is 17.9 Å². The number of Topliss-reactive ketones (excluding diaryl/α,β-unsaturated/α-hetero) is 1. The summed E-state index contributed by atoms with van der Waals surface area (Å²) >= 11 is 0. The van der Waals surface area contributed by atoms with Crippen molar-refractivity contribution >= 4 is 17.4 Å². The number of carbonyl (C=O) groups is 2. The topological polar surface area (TPSA) is 89.0 Å². The second-order valence-electron chi connectivity index (χ2n) is 7.69. The average molecular weight is 456 g/mol. The molecule has 1 unspecified atom stereocenters. The van der Waals surface area contributed by atoms with E-state index in [1.165, 1.54) is 4.90 Å². The second-order valence-corrected chi connectivity index (χ2v) is 7.69. The Hall–Kier alpha value is -4.39. The first-order chi connectivity index (χ1) is 16.5. The molecule has 0 aliphatic carbocycles. The van der Waals surface area contributed by atoms with E-state index in [1.807, 2.05) is 6.07 Å². The van der Waals surface area contributed by atoms with Crippen LogP contribution in [0.25, 0.3) is 5.76 Å². The summed E-state index contributed by atoms with van der Waals surface area (Å²) in [5.74, 6) is -0.431. The van der Waals surface area contributed by atoms with Gasteiger partial charge in [-0.15, -0.1) is 0 Å². The first-order valence-electron chi connectivity index (χ1n) is 10.7. The minimum absolute atomic E-state index is 0.0267. The van der Waals surface area contributed by atoms with E-state index in [1.54, 1.807) is 80.2 Å². The third-order valence-corrected chi connectivity index (χ3v) is 5.54. The highest BCUT2D eigenvalue weighted by atomic mass is 16.5. The zero-order chi connectivity index (χ0) is 24.1. The van der Waals surface area contributed by atoms with Crippen molar-refractivity contribution in [2.75, 3.05) is 13.7 Å². The molecule has 1 atom stereocenters. The predicted molar refractivity (Wildman–Crippen MR) is 127 cm³/mol. The van der Waals surface area contributed by atoms with Crippen LogP contribution in [-0.4, -0.2) is 40.4 Å². The number of aromatic nitrogens is 1. The van der Waals surface area contributed by atoms with Crippen molar-refractivity contribution in [1.82, 2.24) is 9.88 Å². The van der Waals surface area contributed by atoms with E-state index in [0.717, 1.165) is 5.56 Å². The molecule has 1 saturated heterocycles. The summed E-state index contributed by atoms with van der Waals surface area (Å²) in [6.07, 6.45) is 4.93. The maximum atomic E-state index is 13.2. The van der Waals surface area contributed by atoms with Crippen molar-refractivity contribution in [3.05, 3.63) is 108 Å². The number of aliphatic hydroxyl groups is 1. The number of amides is 1. The summed E-state index contributed by atoms with van der Waals surface area (Å²) in [4.78, 5) is 31.8. The smallest absolute Gasteiger partial charge is 0.295 e. The molecule has 1 aliphatic heterocycles. The highest BCUT2D eigenvalue weighted by Crippen LogP contribution is 2.40. The van der Waals surface area contributed by atoms with Gasteiger partial charge in [-0.05, 0) is 53.6 Å². The molecule has 0 saturated carbocycles. The number of methoxy groups -OCH3 is 1. The first-order valence-corrected chi connectivity index (χ1v) is 10.7. The van der Waals surface area contributed by atoms with Gasteiger partial charge >= 0.3 is 0 Å². The molecule has 34 heavy (non-hydrogen) atoms. The minimum Gasteiger partial charge on any atom is -0.507 e. The number of aliphatic hydroxyl groups excluding tert-OH is 1. The summed E-state index contributed by atoms with van der Waals surface area (Å²) in [6, 6.07) is 16.6. The number of hydrogen-bond donors (Lipinski definition) is 1. The number of pyridine rings is 1. The summed E-state index contributed by atoms with van der Waals surface area (Å²) in [7, 11) is 1.54. The Morgan fingerprint density at radius 3 is 2.41 bits per heavy atom. The summed E-state index contributed by atoms with van der Waals surface area (Å²) in [6.45, 7) is 4.16. The Bertz CT molecular complexity index is 1220. The lowest BCUT2D eigenvalue weighted by atomic mass is 9.95. The van der Waals surface area contributed by atoms with Gasteiger partial charge in [0.2, 0.25) is 0 Å². The Kier molecular flexibility index (Phi) is 6.73. The second kappa shape index (κ2) is 10.0. The highest BCUT2D eigenvalue weighted by Gasteiger charge is 2.46. The fourth-order valence-electron chi connectivity index (χ4n) is 3.88. The van der Waals surface area contributed by atoms with Crippen molar-refractivity contribution in [2.24, 2.45) is 0 Å². The lowest BCUT2D eigenvalue weighted by Crippen LogP contribution is -2.29. The van der Waals surface area contributed by atoms with E-state index in [2.05, 4.69) is 11.6 Å². The van der Waals surface area contributed by atoms with Crippen LogP contribution in [0.3, 0.4) is 0 Å². The van der Waals surface area contributed by atoms with Crippen molar-refractivity contribution < 1.29 is 24.2 Å². The monoisotopic (exact) mass is 456 g/mol. The average Bonchev–Trinajstić information content (AvgIpc) is 3.13. The van der Waals surface area contributed by atoms with Crippen LogP contribution in [0.2, 0.25) is 0 Å². The third-order valence-electron chi connectivity index (χ3n) is 5.54. The highest BCUT2D eigenvalue weighted by molar-refractivity contribution is 6.46. The Labute approximate surface area is 197 Å². The van der Waals surface area contributed by atoms with Gasteiger partial charge in [-0.2, -0.15) is 0 Å². The molecule has 1 amide bonds. The molecule has 1 aromatic heterocycles. The molecule has 1 aliphatic rings. The molecule has 0 spiro atoms. The lowest BCUT2D eigenvalue weighted by Gasteiger charge is -2.25. The van der Waals surface area contributed by atoms with E-state index >= 15 is 0 Å². The van der Waals surface area contributed by atoms with Crippen LogP contribution < -0.4 is 9.47 Å². The van der Waals surface area contributed by atoms with Crippen LogP contribution in [0, 0.1) is 0 Å². The van der Waals surface area contributed by atoms with Crippen LogP contribution in [0.1, 0.15) is 22.7 Å². The number of rotatable bonds is 8. The van der Waals surface area contributed by atoms with Gasteiger partial charge in [0.15, 0.2) is 0 Å². The van der Waals surface area contributed by atoms with E-state index in [4.69, 9.17) is 9.47 Å². The van der Waals surface area contributed by atoms with Crippen LogP contribution >= 0.6 is 0 Å². The molecule has 2 heterocycles. The number of benzene rings is 2. The maximum Gasteiger partial charge on any atom is 0.295 e. The van der Waals surface area contributed by atoms with Gasteiger partial charge in [-0.1, -0.05) is 30.9 Å². The molecule has 3 aromatic rings. The molecule has 4 rings (SSSR count). The summed E-state index contributed by atoms with van der Waals surface area (Å²) in [5.41, 5.74) is 1.88. The first kappa shape index (κ1) is 22.8. The van der Waals surface area contributed by atoms with Crippen LogP contribution in [0.5, 0.6) is 11.5 Å². The molecule has 1 N–H and O–H groups in total. The third kappa shape index (κ3) is 4.54. The molecule has 172 valence electrons. The van der Waals surface area contributed by atoms with Gasteiger partial charge in [0, 0.05) is 24.5 Å². The quantitative estimate of drug-likeness (QED) is 0.236. The number of hydrogen-bond acceptors (Lipinski definition) is 6. The van der Waals surface area contributed by atoms with E-state index in [9.17, 15) is 14.7 Å². The fraction of sp³-hybridized carbons (Fsp3) is 0.148. The van der Waals surface area contributed by atoms with Crippen LogP contribution in [0.15, 0.2) is 91.3 Å². The number of carbonyl (C=O) groups excluding carboxylic acids is 2. The van der Waals surface area contributed by atoms with Crippen molar-refractivity contribution in [1.29, 1.82) is 0 Å². The standard InChI is InChI=1S/C27H24N2O5/c1-3-15-34-22-12-6-19(7-13-22)24-23(25(30)20-8-10-21(33-2)11-9-20)26(31)27(32)29(24)17-18-5-4-14-28-16-18/h3-14,16,24,30H,1,15,17H2,2H3/b25-23-. The zero-order valence-electron chi connectivity index (χ0n) is 18.7. The van der Waals surface area contributed by atoms with Crippen LogP contribution in [-0.2, 0) is 16.1 Å². The molecule has 7 heteroatoms. The van der Waals surface area contributed by atoms with Gasteiger partial charge in [-0.25, -0.2) is 0 Å². The number of ether oxygens (including phenoxy) is 2.